The highest BCUT2D eigenvalue weighted by atomic mass is 127. The number of halogens is 1. The monoisotopic (exact) mass is 497 g/mol. The Bertz CT molecular complexity index is 736. The normalized spacial score (nSPS) is 15.8. The molecule has 2 heterocycles. The summed E-state index contributed by atoms with van der Waals surface area (Å²) in [7, 11) is 1.86. The summed E-state index contributed by atoms with van der Waals surface area (Å²) in [4.78, 5) is 14.9. The average Bonchev–Trinajstić information content (AvgIpc) is 3.09. The predicted molar refractivity (Wildman–Crippen MR) is 126 cm³/mol. The van der Waals surface area contributed by atoms with Gasteiger partial charge in [0.2, 0.25) is 0 Å². The third-order valence-corrected chi connectivity index (χ3v) is 5.54. The van der Waals surface area contributed by atoms with Crippen LogP contribution in [0.25, 0.3) is 6.08 Å². The van der Waals surface area contributed by atoms with Gasteiger partial charge in [-0.1, -0.05) is 42.5 Å². The number of aryl methyl sites for hydroxylation is 1. The second kappa shape index (κ2) is 11.4. The number of aliphatic imine (C=N–C) groups is 1. The summed E-state index contributed by atoms with van der Waals surface area (Å²) in [5.74, 6) is 0.984. The SMILES string of the molecule is CN=C(NCc1scnc1C)N1CCN(CC=Cc2ccccc2)CC1.I. The maximum absolute atomic E-state index is 4.45. The molecule has 1 aromatic heterocycles. The molecule has 1 N–H and O–H groups in total. The smallest absolute Gasteiger partial charge is 0.194 e. The number of rotatable bonds is 5. The summed E-state index contributed by atoms with van der Waals surface area (Å²) in [6.45, 7) is 7.95. The minimum absolute atomic E-state index is 0. The lowest BCUT2D eigenvalue weighted by molar-refractivity contribution is 0.194. The molecule has 0 saturated carbocycles. The second-order valence-corrected chi connectivity index (χ2v) is 7.30. The topological polar surface area (TPSA) is 43.8 Å². The van der Waals surface area contributed by atoms with Crippen molar-refractivity contribution < 1.29 is 0 Å². The number of guanidine groups is 1. The number of aromatic nitrogens is 1. The van der Waals surface area contributed by atoms with Crippen molar-refractivity contribution >= 4 is 47.3 Å². The number of hydrogen-bond acceptors (Lipinski definition) is 4. The molecule has 146 valence electrons. The molecule has 3 rings (SSSR count). The first-order valence-electron chi connectivity index (χ1n) is 9.05. The van der Waals surface area contributed by atoms with Crippen LogP contribution < -0.4 is 5.32 Å². The van der Waals surface area contributed by atoms with Crippen molar-refractivity contribution in [2.24, 2.45) is 4.99 Å². The van der Waals surface area contributed by atoms with Gasteiger partial charge in [-0.25, -0.2) is 4.98 Å². The minimum Gasteiger partial charge on any atom is -0.351 e. The van der Waals surface area contributed by atoms with Gasteiger partial charge in [-0.05, 0) is 12.5 Å². The molecule has 5 nitrogen and oxygen atoms in total. The Morgan fingerprint density at radius 3 is 2.59 bits per heavy atom. The first-order chi connectivity index (χ1) is 12.8. The van der Waals surface area contributed by atoms with Gasteiger partial charge in [-0.2, -0.15) is 0 Å². The van der Waals surface area contributed by atoms with Gasteiger partial charge in [0.15, 0.2) is 5.96 Å². The van der Waals surface area contributed by atoms with Crippen molar-refractivity contribution in [3.63, 3.8) is 0 Å². The van der Waals surface area contributed by atoms with E-state index < -0.39 is 0 Å². The molecule has 1 fully saturated rings. The third-order valence-electron chi connectivity index (χ3n) is 4.61. The van der Waals surface area contributed by atoms with Crippen molar-refractivity contribution in [3.05, 3.63) is 58.1 Å². The standard InChI is InChI=1S/C20H27N5S.HI/c1-17-19(26-16-23-17)15-22-20(21-2)25-13-11-24(12-14-25)10-6-9-18-7-4-3-5-8-18;/h3-9,16H,10-15H2,1-2H3,(H,21,22);1H. The summed E-state index contributed by atoms with van der Waals surface area (Å²) in [6, 6.07) is 10.5. The van der Waals surface area contributed by atoms with Crippen LogP contribution in [0.15, 0.2) is 46.9 Å². The molecule has 0 radical (unpaired) electrons. The van der Waals surface area contributed by atoms with Gasteiger partial charge in [0.25, 0.3) is 0 Å². The second-order valence-electron chi connectivity index (χ2n) is 6.36. The fourth-order valence-electron chi connectivity index (χ4n) is 3.03. The van der Waals surface area contributed by atoms with E-state index in [2.05, 4.69) is 68.4 Å². The van der Waals surface area contributed by atoms with Crippen LogP contribution in [0, 0.1) is 6.92 Å². The van der Waals surface area contributed by atoms with E-state index in [1.54, 1.807) is 11.3 Å². The Labute approximate surface area is 183 Å². The maximum Gasteiger partial charge on any atom is 0.194 e. The molecule has 2 aromatic rings. The zero-order valence-electron chi connectivity index (χ0n) is 16.0. The number of benzene rings is 1. The molecule has 1 aliphatic heterocycles. The van der Waals surface area contributed by atoms with Crippen LogP contribution in [0.4, 0.5) is 0 Å². The van der Waals surface area contributed by atoms with Gasteiger partial charge in [0, 0.05) is 44.6 Å². The van der Waals surface area contributed by atoms with Crippen LogP contribution in [0.3, 0.4) is 0 Å². The fraction of sp³-hybridized carbons (Fsp3) is 0.400. The number of hydrogen-bond donors (Lipinski definition) is 1. The highest BCUT2D eigenvalue weighted by molar-refractivity contribution is 14.0. The van der Waals surface area contributed by atoms with Crippen LogP contribution in [-0.4, -0.2) is 60.5 Å². The minimum atomic E-state index is 0. The lowest BCUT2D eigenvalue weighted by Gasteiger charge is -2.36. The van der Waals surface area contributed by atoms with Gasteiger partial charge in [-0.3, -0.25) is 9.89 Å². The summed E-state index contributed by atoms with van der Waals surface area (Å²) < 4.78 is 0. The summed E-state index contributed by atoms with van der Waals surface area (Å²) in [5, 5.41) is 3.48. The van der Waals surface area contributed by atoms with E-state index in [-0.39, 0.29) is 24.0 Å². The molecule has 0 unspecified atom stereocenters. The van der Waals surface area contributed by atoms with Crippen molar-refractivity contribution in [1.82, 2.24) is 20.1 Å². The number of nitrogens with zero attached hydrogens (tertiary/aromatic N) is 4. The lowest BCUT2D eigenvalue weighted by atomic mass is 10.2. The highest BCUT2D eigenvalue weighted by Crippen LogP contribution is 2.12. The van der Waals surface area contributed by atoms with E-state index in [1.165, 1.54) is 10.4 Å². The van der Waals surface area contributed by atoms with E-state index in [9.17, 15) is 0 Å². The number of nitrogens with one attached hydrogen (secondary N) is 1. The van der Waals surface area contributed by atoms with E-state index in [0.29, 0.717) is 0 Å². The lowest BCUT2D eigenvalue weighted by Crippen LogP contribution is -2.52. The Hall–Kier alpha value is -1.45. The van der Waals surface area contributed by atoms with Gasteiger partial charge >= 0.3 is 0 Å². The zero-order chi connectivity index (χ0) is 18.2. The Morgan fingerprint density at radius 2 is 1.96 bits per heavy atom. The molecule has 1 aromatic carbocycles. The maximum atomic E-state index is 4.45. The average molecular weight is 497 g/mol. The first-order valence-corrected chi connectivity index (χ1v) is 9.92. The van der Waals surface area contributed by atoms with Gasteiger partial charge in [0.1, 0.15) is 0 Å². The number of piperazine rings is 1. The first kappa shape index (κ1) is 21.8. The van der Waals surface area contributed by atoms with E-state index in [0.717, 1.165) is 50.9 Å². The highest BCUT2D eigenvalue weighted by Gasteiger charge is 2.18. The van der Waals surface area contributed by atoms with Crippen molar-refractivity contribution in [2.75, 3.05) is 39.8 Å². The van der Waals surface area contributed by atoms with Crippen LogP contribution >= 0.6 is 35.3 Å². The van der Waals surface area contributed by atoms with Crippen LogP contribution in [-0.2, 0) is 6.54 Å². The Morgan fingerprint density at radius 1 is 1.22 bits per heavy atom. The van der Waals surface area contributed by atoms with Gasteiger partial charge in [0.05, 0.1) is 17.7 Å². The van der Waals surface area contributed by atoms with Gasteiger partial charge < -0.3 is 10.2 Å². The quantitative estimate of drug-likeness (QED) is 0.391. The van der Waals surface area contributed by atoms with Crippen LogP contribution in [0.5, 0.6) is 0 Å². The van der Waals surface area contributed by atoms with E-state index in [1.807, 2.05) is 18.6 Å². The molecule has 1 saturated heterocycles. The summed E-state index contributed by atoms with van der Waals surface area (Å²) in [6.07, 6.45) is 4.45. The van der Waals surface area contributed by atoms with Gasteiger partial charge in [-0.15, -0.1) is 35.3 Å². The molecule has 7 heteroatoms. The Balaban J connectivity index is 0.00000261. The molecule has 1 aliphatic rings. The Kier molecular flexibility index (Phi) is 9.23. The van der Waals surface area contributed by atoms with Crippen molar-refractivity contribution in [1.29, 1.82) is 0 Å². The third kappa shape index (κ3) is 6.58. The molecule has 0 aliphatic carbocycles. The molecular weight excluding hydrogens is 469 g/mol. The zero-order valence-corrected chi connectivity index (χ0v) is 19.1. The molecular formula is C20H28IN5S. The molecule has 0 spiro atoms. The largest absolute Gasteiger partial charge is 0.351 e. The molecule has 0 atom stereocenters. The van der Waals surface area contributed by atoms with E-state index in [4.69, 9.17) is 0 Å². The molecule has 0 bridgehead atoms. The summed E-state index contributed by atoms with van der Waals surface area (Å²) in [5.41, 5.74) is 4.26. The molecule has 0 amide bonds. The van der Waals surface area contributed by atoms with Crippen LogP contribution in [0.2, 0.25) is 0 Å². The van der Waals surface area contributed by atoms with Crippen LogP contribution in [0.1, 0.15) is 16.1 Å². The summed E-state index contributed by atoms with van der Waals surface area (Å²) >= 11 is 1.69. The van der Waals surface area contributed by atoms with E-state index >= 15 is 0 Å². The number of thiazole rings is 1. The molecule has 27 heavy (non-hydrogen) atoms. The fourth-order valence-corrected chi connectivity index (χ4v) is 3.75. The van der Waals surface area contributed by atoms with Crippen molar-refractivity contribution in [2.45, 2.75) is 13.5 Å². The predicted octanol–water partition coefficient (Wildman–Crippen LogP) is 3.48. The van der Waals surface area contributed by atoms with Crippen molar-refractivity contribution in [3.8, 4) is 0 Å².